The molecule has 5 rings (SSSR count). The van der Waals surface area contributed by atoms with E-state index in [0.29, 0.717) is 45.0 Å². The second kappa shape index (κ2) is 11.8. The van der Waals surface area contributed by atoms with E-state index in [4.69, 9.17) is 21.6 Å². The van der Waals surface area contributed by atoms with Gasteiger partial charge in [-0.25, -0.2) is 10.1 Å². The van der Waals surface area contributed by atoms with E-state index in [-0.39, 0.29) is 30.0 Å². The molecule has 3 aromatic rings. The summed E-state index contributed by atoms with van der Waals surface area (Å²) >= 11 is 7.36. The van der Waals surface area contributed by atoms with Gasteiger partial charge in [0, 0.05) is 50.0 Å². The van der Waals surface area contributed by atoms with E-state index in [1.165, 1.54) is 6.20 Å². The summed E-state index contributed by atoms with van der Waals surface area (Å²) in [6, 6.07) is 7.39. The number of carbonyl (C=O) groups is 1. The number of anilines is 2. The maximum absolute atomic E-state index is 12.8. The molecule has 0 bridgehead atoms. The van der Waals surface area contributed by atoms with Crippen LogP contribution >= 0.6 is 23.4 Å². The van der Waals surface area contributed by atoms with Crippen molar-refractivity contribution in [2.75, 3.05) is 49.2 Å². The second-order valence-corrected chi connectivity index (χ2v) is 10.1. The van der Waals surface area contributed by atoms with Gasteiger partial charge in [0.1, 0.15) is 16.2 Å². The van der Waals surface area contributed by atoms with Crippen LogP contribution in [0.15, 0.2) is 52.5 Å². The van der Waals surface area contributed by atoms with Crippen LogP contribution in [0.3, 0.4) is 0 Å². The van der Waals surface area contributed by atoms with Crippen molar-refractivity contribution in [1.29, 1.82) is 5.26 Å². The first kappa shape index (κ1) is 26.0. The van der Waals surface area contributed by atoms with Crippen molar-refractivity contribution in [3.05, 3.63) is 69.5 Å². The highest BCUT2D eigenvalue weighted by Crippen LogP contribution is 2.38. The summed E-state index contributed by atoms with van der Waals surface area (Å²) in [5, 5.41) is 17.1. The van der Waals surface area contributed by atoms with E-state index in [1.54, 1.807) is 12.4 Å². The lowest BCUT2D eigenvalue weighted by Gasteiger charge is -2.35. The second-order valence-electron chi connectivity index (χ2n) is 8.83. The molecule has 1 unspecified atom stereocenters. The summed E-state index contributed by atoms with van der Waals surface area (Å²) < 4.78 is 5.96. The van der Waals surface area contributed by atoms with Gasteiger partial charge in [-0.05, 0) is 35.5 Å². The molecular formula is C25H25ClN8O3S. The van der Waals surface area contributed by atoms with E-state index in [1.807, 2.05) is 39.5 Å². The Morgan fingerprint density at radius 1 is 1.21 bits per heavy atom. The quantitative estimate of drug-likeness (QED) is 0.253. The van der Waals surface area contributed by atoms with Crippen LogP contribution in [0.25, 0.3) is 0 Å². The van der Waals surface area contributed by atoms with Crippen LogP contribution in [-0.2, 0) is 16.1 Å². The van der Waals surface area contributed by atoms with Crippen molar-refractivity contribution < 1.29 is 9.53 Å². The molecule has 0 radical (unpaired) electrons. The van der Waals surface area contributed by atoms with Gasteiger partial charge in [-0.3, -0.25) is 14.6 Å². The number of thiocyanates is 1. The number of ether oxygens (including phenoxy) is 1. The number of hydrogen-bond acceptors (Lipinski definition) is 10. The summed E-state index contributed by atoms with van der Waals surface area (Å²) in [7, 11) is 0. The fourth-order valence-corrected chi connectivity index (χ4v) is 5.24. The number of thioether (sulfide) groups is 1. The Kier molecular flexibility index (Phi) is 8.07. The molecule has 0 aromatic carbocycles. The molecular weight excluding hydrogens is 528 g/mol. The molecule has 1 atom stereocenters. The number of fused-ring (bicyclic) bond motifs is 1. The number of nitrogens with one attached hydrogen (secondary N) is 1. The molecule has 0 spiro atoms. The van der Waals surface area contributed by atoms with Gasteiger partial charge in [-0.2, -0.15) is 10.4 Å². The van der Waals surface area contributed by atoms with Gasteiger partial charge < -0.3 is 19.4 Å². The molecule has 2 aliphatic rings. The maximum Gasteiger partial charge on any atom is 0.285 e. The third-order valence-corrected chi connectivity index (χ3v) is 7.56. The van der Waals surface area contributed by atoms with Gasteiger partial charge >= 0.3 is 0 Å². The Bertz CT molecular complexity index is 1390. The molecule has 1 N–H and O–H groups in total. The van der Waals surface area contributed by atoms with E-state index < -0.39 is 5.56 Å². The van der Waals surface area contributed by atoms with Gasteiger partial charge in [0.15, 0.2) is 0 Å². The van der Waals surface area contributed by atoms with Crippen molar-refractivity contribution in [3.63, 3.8) is 0 Å². The monoisotopic (exact) mass is 552 g/mol. The third kappa shape index (κ3) is 5.60. The predicted octanol–water partition coefficient (Wildman–Crippen LogP) is 2.60. The van der Waals surface area contributed by atoms with Crippen molar-refractivity contribution in [1.82, 2.24) is 25.1 Å². The largest absolute Gasteiger partial charge is 0.378 e. The van der Waals surface area contributed by atoms with Crippen molar-refractivity contribution in [3.8, 4) is 5.40 Å². The number of aromatic nitrogens is 4. The molecule has 38 heavy (non-hydrogen) atoms. The van der Waals surface area contributed by atoms with Gasteiger partial charge in [-0.15, -0.1) is 0 Å². The molecule has 1 fully saturated rings. The zero-order valence-electron chi connectivity index (χ0n) is 20.4. The van der Waals surface area contributed by atoms with Gasteiger partial charge in [0.25, 0.3) is 5.56 Å². The van der Waals surface area contributed by atoms with E-state index in [0.717, 1.165) is 33.7 Å². The maximum atomic E-state index is 12.8. The first-order chi connectivity index (χ1) is 18.5. The average Bonchev–Trinajstić information content (AvgIpc) is 3.31. The van der Waals surface area contributed by atoms with E-state index in [9.17, 15) is 9.59 Å². The number of H-pyrrole nitrogens is 1. The van der Waals surface area contributed by atoms with Crippen LogP contribution in [0, 0.1) is 10.7 Å². The molecule has 0 saturated carbocycles. The summed E-state index contributed by atoms with van der Waals surface area (Å²) in [6.45, 7) is 3.68. The van der Waals surface area contributed by atoms with Crippen LogP contribution in [0.2, 0.25) is 5.02 Å². The van der Waals surface area contributed by atoms with Crippen LogP contribution in [0.1, 0.15) is 23.7 Å². The van der Waals surface area contributed by atoms with Crippen molar-refractivity contribution in [2.24, 2.45) is 0 Å². The smallest absolute Gasteiger partial charge is 0.285 e. The number of nitrogens with zero attached hydrogens (tertiary/aromatic N) is 7. The number of halogens is 1. The Morgan fingerprint density at radius 2 is 2.05 bits per heavy atom. The molecule has 13 heteroatoms. The van der Waals surface area contributed by atoms with Crippen LogP contribution in [-0.4, -0.2) is 70.4 Å². The minimum absolute atomic E-state index is 0.0435. The highest BCUT2D eigenvalue weighted by Gasteiger charge is 2.33. The number of hydrogen-bond donors (Lipinski definition) is 1. The van der Waals surface area contributed by atoms with Crippen LogP contribution in [0.5, 0.6) is 0 Å². The minimum atomic E-state index is -0.454. The Morgan fingerprint density at radius 3 is 2.82 bits per heavy atom. The van der Waals surface area contributed by atoms with Crippen molar-refractivity contribution >= 4 is 40.8 Å². The number of nitriles is 1. The fourth-order valence-electron chi connectivity index (χ4n) is 4.69. The summed E-state index contributed by atoms with van der Waals surface area (Å²) in [6.07, 6.45) is 5.22. The molecule has 196 valence electrons. The molecule has 1 saturated heterocycles. The first-order valence-corrected chi connectivity index (χ1v) is 13.3. The van der Waals surface area contributed by atoms with Gasteiger partial charge in [0.05, 0.1) is 43.3 Å². The number of pyridine rings is 2. The lowest BCUT2D eigenvalue weighted by atomic mass is 10.1. The van der Waals surface area contributed by atoms with E-state index in [2.05, 4.69) is 25.1 Å². The highest BCUT2D eigenvalue weighted by molar-refractivity contribution is 8.03. The van der Waals surface area contributed by atoms with Crippen LogP contribution < -0.4 is 15.4 Å². The zero-order chi connectivity index (χ0) is 26.5. The Labute approximate surface area is 228 Å². The molecule has 1 amide bonds. The van der Waals surface area contributed by atoms with E-state index >= 15 is 0 Å². The molecule has 0 aliphatic carbocycles. The lowest BCUT2D eigenvalue weighted by molar-refractivity contribution is -0.132. The van der Waals surface area contributed by atoms with Gasteiger partial charge in [0.2, 0.25) is 5.91 Å². The standard InChI is InChI=1S/C25H25ClN8O3S/c26-23-19(13-30-31-25(23)36)34-14-17-2-1-6-28-24(17)20(34)15-37-11-5-22(35)33-9-7-32(8-10-33)21-4-3-18(12-29-21)38-16-27/h1-4,6,12-13,20H,5,7-11,14-15H2,(H,31,36). The SMILES string of the molecule is N#CSc1ccc(N2CCN(C(=O)CCOCC3c4ncccc4CN3c3cn[nH]c(=O)c3Cl)CC2)nc1. The fraction of sp³-hybridized carbons (Fsp3) is 0.360. The first-order valence-electron chi connectivity index (χ1n) is 12.1. The molecule has 2 aliphatic heterocycles. The number of carbonyl (C=O) groups excluding carboxylic acids is 1. The zero-order valence-corrected chi connectivity index (χ0v) is 22.0. The van der Waals surface area contributed by atoms with Gasteiger partial charge in [-0.1, -0.05) is 17.7 Å². The predicted molar refractivity (Wildman–Crippen MR) is 143 cm³/mol. The number of amides is 1. The lowest BCUT2D eigenvalue weighted by Crippen LogP contribution is -2.49. The van der Waals surface area contributed by atoms with Crippen molar-refractivity contribution in [2.45, 2.75) is 23.9 Å². The number of aromatic amines is 1. The summed E-state index contributed by atoms with van der Waals surface area (Å²) in [4.78, 5) is 40.5. The highest BCUT2D eigenvalue weighted by atomic mass is 35.5. The number of rotatable bonds is 8. The topological polar surface area (TPSA) is 131 Å². The summed E-state index contributed by atoms with van der Waals surface area (Å²) in [5.74, 6) is 0.885. The summed E-state index contributed by atoms with van der Waals surface area (Å²) in [5.41, 5.74) is 1.95. The molecule has 5 heterocycles. The normalized spacial score (nSPS) is 16.8. The molecule has 11 nitrogen and oxygen atoms in total. The Balaban J connectivity index is 1.13. The van der Waals surface area contributed by atoms with Crippen LogP contribution in [0.4, 0.5) is 11.5 Å². The average molecular weight is 553 g/mol. The number of piperazine rings is 1. The Hall–Kier alpha value is -3.66. The molecule has 3 aromatic heterocycles. The minimum Gasteiger partial charge on any atom is -0.378 e. The third-order valence-electron chi connectivity index (χ3n) is 6.62.